The van der Waals surface area contributed by atoms with Gasteiger partial charge in [0.05, 0.1) is 0 Å². The third-order valence-electron chi connectivity index (χ3n) is 3.86. The first kappa shape index (κ1) is 15.9. The van der Waals surface area contributed by atoms with E-state index in [0.717, 1.165) is 16.5 Å². The molecule has 122 valence electrons. The summed E-state index contributed by atoms with van der Waals surface area (Å²) in [6.07, 6.45) is 0.859. The second-order valence-corrected chi connectivity index (χ2v) is 5.76. The van der Waals surface area contributed by atoms with E-state index in [4.69, 9.17) is 0 Å². The number of hydrogen-bond donors (Lipinski definition) is 2. The molecular formula is C19H17FN2O2. The van der Waals surface area contributed by atoms with Gasteiger partial charge in [-0.05, 0) is 60.7 Å². The summed E-state index contributed by atoms with van der Waals surface area (Å²) in [5.74, 6) is -0.479. The second kappa shape index (κ2) is 6.66. The summed E-state index contributed by atoms with van der Waals surface area (Å²) in [7, 11) is 0. The number of benzene rings is 2. The van der Waals surface area contributed by atoms with E-state index in [9.17, 15) is 14.0 Å². The number of pyridine rings is 1. The summed E-state index contributed by atoms with van der Waals surface area (Å²) in [4.78, 5) is 26.5. The van der Waals surface area contributed by atoms with Crippen molar-refractivity contribution in [3.05, 3.63) is 75.8 Å². The normalized spacial score (nSPS) is 10.8. The number of carbonyl (C=O) groups excluding carboxylic acids is 1. The third-order valence-corrected chi connectivity index (χ3v) is 3.86. The van der Waals surface area contributed by atoms with Crippen LogP contribution in [0.15, 0.2) is 53.3 Å². The fraction of sp³-hybridized carbons (Fsp3) is 0.158. The monoisotopic (exact) mass is 324 g/mol. The van der Waals surface area contributed by atoms with Gasteiger partial charge in [-0.2, -0.15) is 0 Å². The van der Waals surface area contributed by atoms with E-state index in [-0.39, 0.29) is 17.3 Å². The minimum Gasteiger partial charge on any atom is -0.326 e. The molecule has 0 spiro atoms. The molecule has 24 heavy (non-hydrogen) atoms. The Balaban J connectivity index is 1.66. The van der Waals surface area contributed by atoms with Crippen LogP contribution in [0, 0.1) is 12.7 Å². The van der Waals surface area contributed by atoms with Crippen LogP contribution in [0.3, 0.4) is 0 Å². The Bertz CT molecular complexity index is 946. The van der Waals surface area contributed by atoms with E-state index in [1.807, 2.05) is 24.3 Å². The lowest BCUT2D eigenvalue weighted by Gasteiger charge is -2.06. The molecule has 1 aromatic heterocycles. The molecule has 0 aliphatic heterocycles. The maximum Gasteiger partial charge on any atom is 0.251 e. The summed E-state index contributed by atoms with van der Waals surface area (Å²) >= 11 is 0. The van der Waals surface area contributed by atoms with Crippen LogP contribution >= 0.6 is 0 Å². The van der Waals surface area contributed by atoms with Crippen molar-refractivity contribution in [2.75, 3.05) is 5.32 Å². The Hall–Kier alpha value is -2.95. The first-order valence-electron chi connectivity index (χ1n) is 7.69. The molecule has 3 rings (SSSR count). The Morgan fingerprint density at radius 2 is 1.88 bits per heavy atom. The highest BCUT2D eigenvalue weighted by Crippen LogP contribution is 2.15. The number of fused-ring (bicyclic) bond motifs is 1. The molecule has 0 fully saturated rings. The largest absolute Gasteiger partial charge is 0.326 e. The van der Waals surface area contributed by atoms with Gasteiger partial charge in [0.1, 0.15) is 5.82 Å². The van der Waals surface area contributed by atoms with Gasteiger partial charge in [-0.15, -0.1) is 0 Å². The number of anilines is 1. The van der Waals surface area contributed by atoms with Crippen LogP contribution in [0.2, 0.25) is 0 Å². The molecule has 0 aliphatic rings. The average Bonchev–Trinajstić information content (AvgIpc) is 2.56. The van der Waals surface area contributed by atoms with Crippen molar-refractivity contribution >= 4 is 22.5 Å². The number of rotatable bonds is 4. The maximum absolute atomic E-state index is 12.8. The molecule has 1 heterocycles. The summed E-state index contributed by atoms with van der Waals surface area (Å²) in [6.45, 7) is 1.77. The van der Waals surface area contributed by atoms with Crippen LogP contribution in [0.1, 0.15) is 17.5 Å². The lowest BCUT2D eigenvalue weighted by atomic mass is 10.1. The van der Waals surface area contributed by atoms with E-state index in [1.54, 1.807) is 6.92 Å². The van der Waals surface area contributed by atoms with Crippen molar-refractivity contribution in [1.82, 2.24) is 4.98 Å². The van der Waals surface area contributed by atoms with Crippen molar-refractivity contribution in [2.45, 2.75) is 19.8 Å². The molecule has 3 aromatic rings. The summed E-state index contributed by atoms with van der Waals surface area (Å²) in [5, 5.41) is 3.69. The number of amides is 1. The Morgan fingerprint density at radius 1 is 1.12 bits per heavy atom. The van der Waals surface area contributed by atoms with Gasteiger partial charge in [-0.1, -0.05) is 12.1 Å². The van der Waals surface area contributed by atoms with Gasteiger partial charge in [0.25, 0.3) is 5.56 Å². The predicted octanol–water partition coefficient (Wildman–Crippen LogP) is 3.55. The van der Waals surface area contributed by atoms with Crippen LogP contribution < -0.4 is 10.9 Å². The Kier molecular flexibility index (Phi) is 4.42. The fourth-order valence-corrected chi connectivity index (χ4v) is 2.53. The number of aromatic amines is 1. The smallest absolute Gasteiger partial charge is 0.251 e. The van der Waals surface area contributed by atoms with Crippen molar-refractivity contribution in [3.63, 3.8) is 0 Å². The van der Waals surface area contributed by atoms with Gasteiger partial charge in [0.2, 0.25) is 5.91 Å². The zero-order chi connectivity index (χ0) is 17.1. The Morgan fingerprint density at radius 3 is 2.62 bits per heavy atom. The molecular weight excluding hydrogens is 307 g/mol. The highest BCUT2D eigenvalue weighted by molar-refractivity contribution is 5.90. The van der Waals surface area contributed by atoms with Crippen LogP contribution in [0.4, 0.5) is 10.1 Å². The summed E-state index contributed by atoms with van der Waals surface area (Å²) in [6, 6.07) is 13.3. The second-order valence-electron chi connectivity index (χ2n) is 5.76. The molecule has 5 heteroatoms. The number of hydrogen-bond acceptors (Lipinski definition) is 2. The minimum atomic E-state index is -0.339. The van der Waals surface area contributed by atoms with E-state index in [1.165, 1.54) is 24.3 Å². The molecule has 0 saturated heterocycles. The number of carbonyl (C=O) groups is 1. The molecule has 0 bridgehead atoms. The topological polar surface area (TPSA) is 62.0 Å². The summed E-state index contributed by atoms with van der Waals surface area (Å²) < 4.78 is 12.8. The molecule has 2 aromatic carbocycles. The number of aromatic nitrogens is 1. The van der Waals surface area contributed by atoms with E-state index >= 15 is 0 Å². The van der Waals surface area contributed by atoms with Gasteiger partial charge in [0, 0.05) is 23.2 Å². The predicted molar refractivity (Wildman–Crippen MR) is 92.7 cm³/mol. The van der Waals surface area contributed by atoms with Crippen LogP contribution in [-0.4, -0.2) is 10.9 Å². The zero-order valence-corrected chi connectivity index (χ0v) is 13.2. The first-order valence-corrected chi connectivity index (χ1v) is 7.69. The Labute approximate surface area is 138 Å². The average molecular weight is 324 g/mol. The standard InChI is InChI=1S/C19H17FN2O2/c1-12-10-14-4-2-13(11-17(14)22-19(12)24)3-9-18(23)21-16-7-5-15(20)6-8-16/h2,4-8,10-11H,3,9H2,1H3,(H,21,23)(H,22,24). The minimum absolute atomic E-state index is 0.103. The molecule has 0 radical (unpaired) electrons. The molecule has 0 saturated carbocycles. The van der Waals surface area contributed by atoms with Gasteiger partial charge in [-0.3, -0.25) is 9.59 Å². The van der Waals surface area contributed by atoms with Crippen LogP contribution in [0.25, 0.3) is 10.9 Å². The van der Waals surface area contributed by atoms with Gasteiger partial charge in [0.15, 0.2) is 0 Å². The van der Waals surface area contributed by atoms with Crippen LogP contribution in [-0.2, 0) is 11.2 Å². The third kappa shape index (κ3) is 3.68. The highest BCUT2D eigenvalue weighted by atomic mass is 19.1. The van der Waals surface area contributed by atoms with Gasteiger partial charge in [-0.25, -0.2) is 4.39 Å². The van der Waals surface area contributed by atoms with Crippen molar-refractivity contribution in [1.29, 1.82) is 0 Å². The highest BCUT2D eigenvalue weighted by Gasteiger charge is 2.05. The van der Waals surface area contributed by atoms with E-state index in [2.05, 4.69) is 10.3 Å². The van der Waals surface area contributed by atoms with Crippen molar-refractivity contribution in [2.24, 2.45) is 0 Å². The van der Waals surface area contributed by atoms with Gasteiger partial charge < -0.3 is 10.3 Å². The number of aryl methyl sites for hydroxylation is 2. The first-order chi connectivity index (χ1) is 11.5. The maximum atomic E-state index is 12.8. The SMILES string of the molecule is Cc1cc2ccc(CCC(=O)Nc3ccc(F)cc3)cc2[nH]c1=O. The zero-order valence-electron chi connectivity index (χ0n) is 13.2. The lowest BCUT2D eigenvalue weighted by molar-refractivity contribution is -0.116. The molecule has 1 amide bonds. The summed E-state index contributed by atoms with van der Waals surface area (Å²) in [5.41, 5.74) is 2.88. The van der Waals surface area contributed by atoms with Crippen LogP contribution in [0.5, 0.6) is 0 Å². The van der Waals surface area contributed by atoms with Crippen molar-refractivity contribution in [3.8, 4) is 0 Å². The molecule has 0 atom stereocenters. The van der Waals surface area contributed by atoms with E-state index < -0.39 is 0 Å². The lowest BCUT2D eigenvalue weighted by Crippen LogP contribution is -2.12. The molecule has 0 unspecified atom stereocenters. The molecule has 2 N–H and O–H groups in total. The number of halogens is 1. The number of H-pyrrole nitrogens is 1. The number of nitrogens with one attached hydrogen (secondary N) is 2. The molecule has 4 nitrogen and oxygen atoms in total. The van der Waals surface area contributed by atoms with E-state index in [0.29, 0.717) is 24.1 Å². The fourth-order valence-electron chi connectivity index (χ4n) is 2.53. The van der Waals surface area contributed by atoms with Crippen molar-refractivity contribution < 1.29 is 9.18 Å². The quantitative estimate of drug-likeness (QED) is 0.771. The molecule has 0 aliphatic carbocycles. The van der Waals surface area contributed by atoms with Gasteiger partial charge >= 0.3 is 0 Å².